The average Bonchev–Trinajstić information content (AvgIpc) is 3.38. The Labute approximate surface area is 238 Å². The fourth-order valence-electron chi connectivity index (χ4n) is 4.12. The standard InChI is InChI=1S/C27H25F2N7O3S.H2O/c1-16-14-22(34-33-16)30-25-24(38-2)26(36-10-12-39-13-11-36)32-27(31-25)40-21-9-7-17(15-19(21)28)6-8-18-4-3-5-20(35-37)23(18)29;/h3-9,14-15H,10-13H2,1-2H3,(H2,30,31,32,33,34);1H2/b8-6+;. The number of benzene rings is 2. The van der Waals surface area contributed by atoms with Gasteiger partial charge in [-0.1, -0.05) is 35.3 Å². The van der Waals surface area contributed by atoms with Crippen LogP contribution >= 0.6 is 11.8 Å². The molecule has 0 radical (unpaired) electrons. The number of nitrogens with one attached hydrogen (secondary N) is 3. The van der Waals surface area contributed by atoms with Gasteiger partial charge in [0.1, 0.15) is 11.5 Å². The number of aromatic nitrogens is 4. The first kappa shape index (κ1) is 29.6. The lowest BCUT2D eigenvalue weighted by molar-refractivity contribution is -0.421. The first-order chi connectivity index (χ1) is 19.4. The van der Waals surface area contributed by atoms with Crippen molar-refractivity contribution in [2.24, 2.45) is 5.18 Å². The molecule has 0 atom stereocenters. The van der Waals surface area contributed by atoms with Crippen LogP contribution in [0.1, 0.15) is 16.8 Å². The monoisotopic (exact) mass is 583 g/mol. The molecule has 214 valence electrons. The van der Waals surface area contributed by atoms with E-state index in [9.17, 15) is 9.30 Å². The van der Waals surface area contributed by atoms with Gasteiger partial charge in [0.25, 0.3) is 17.4 Å². The first-order valence-corrected chi connectivity index (χ1v) is 13.2. The van der Waals surface area contributed by atoms with Crippen molar-refractivity contribution < 1.29 is 28.7 Å². The molecule has 14 heteroatoms. The van der Waals surface area contributed by atoms with Gasteiger partial charge in [0.15, 0.2) is 11.6 Å². The molecule has 4 aromatic rings. The van der Waals surface area contributed by atoms with Gasteiger partial charge in [0.05, 0.1) is 38.3 Å². The molecule has 0 unspecified atom stereocenters. The number of ether oxygens (including phenoxy) is 2. The van der Waals surface area contributed by atoms with Gasteiger partial charge in [-0.3, -0.25) is 10.00 Å². The summed E-state index contributed by atoms with van der Waals surface area (Å²) in [4.78, 5) is 21.1. The minimum absolute atomic E-state index is 0. The summed E-state index contributed by atoms with van der Waals surface area (Å²) in [6.07, 6.45) is 3.03. The lowest BCUT2D eigenvalue weighted by atomic mass is 10.1. The van der Waals surface area contributed by atoms with E-state index >= 15 is 4.39 Å². The topological polar surface area (TPSA) is 149 Å². The summed E-state index contributed by atoms with van der Waals surface area (Å²) in [5, 5.41) is 13.4. The summed E-state index contributed by atoms with van der Waals surface area (Å²) < 4.78 is 40.7. The van der Waals surface area contributed by atoms with Crippen molar-refractivity contribution in [1.29, 1.82) is 0 Å². The fraction of sp³-hybridized carbons (Fsp3) is 0.222. The van der Waals surface area contributed by atoms with E-state index in [2.05, 4.69) is 35.6 Å². The Kier molecular flexibility index (Phi) is 9.60. The number of halogens is 2. The van der Waals surface area contributed by atoms with Crippen LogP contribution < -0.4 is 19.9 Å². The molecule has 1 saturated heterocycles. The van der Waals surface area contributed by atoms with Crippen LogP contribution in [0.5, 0.6) is 5.75 Å². The van der Waals surface area contributed by atoms with Crippen LogP contribution in [-0.2, 0) is 4.74 Å². The second-order valence-electron chi connectivity index (χ2n) is 8.83. The molecule has 0 saturated carbocycles. The number of methoxy groups -OCH3 is 1. The minimum atomic E-state index is -0.729. The number of nitrogens with zero attached hydrogens (tertiary/aromatic N) is 4. The Hall–Kier alpha value is -4.40. The van der Waals surface area contributed by atoms with E-state index in [4.69, 9.17) is 9.47 Å². The molecule has 0 aliphatic carbocycles. The van der Waals surface area contributed by atoms with Gasteiger partial charge < -0.3 is 20.3 Å². The Morgan fingerprint density at radius 1 is 1.20 bits per heavy atom. The van der Waals surface area contributed by atoms with E-state index in [1.807, 2.05) is 13.0 Å². The van der Waals surface area contributed by atoms with Crippen molar-refractivity contribution in [3.63, 3.8) is 0 Å². The van der Waals surface area contributed by atoms with Crippen LogP contribution in [0.3, 0.4) is 0 Å². The van der Waals surface area contributed by atoms with Gasteiger partial charge in [-0.05, 0) is 47.6 Å². The predicted octanol–water partition coefficient (Wildman–Crippen LogP) is 5.34. The summed E-state index contributed by atoms with van der Waals surface area (Å²) >= 11 is 1.12. The molecule has 0 amide bonds. The summed E-state index contributed by atoms with van der Waals surface area (Å²) in [6.45, 7) is 4.30. The molecule has 1 aliphatic heterocycles. The fourth-order valence-corrected chi connectivity index (χ4v) is 4.91. The largest absolute Gasteiger partial charge is 0.870 e. The predicted molar refractivity (Wildman–Crippen MR) is 150 cm³/mol. The molecule has 2 aromatic carbocycles. The first-order valence-electron chi connectivity index (χ1n) is 12.4. The van der Waals surface area contributed by atoms with Crippen LogP contribution in [0.15, 0.2) is 57.7 Å². The van der Waals surface area contributed by atoms with E-state index in [-0.39, 0.29) is 16.7 Å². The molecular weight excluding hydrogens is 556 g/mol. The van der Waals surface area contributed by atoms with Gasteiger partial charge in [-0.25, -0.2) is 13.8 Å². The van der Waals surface area contributed by atoms with Crippen molar-refractivity contribution in [2.45, 2.75) is 17.0 Å². The zero-order chi connectivity index (χ0) is 28.1. The van der Waals surface area contributed by atoms with Crippen molar-refractivity contribution in [3.05, 3.63) is 75.8 Å². The molecule has 0 bridgehead atoms. The Balaban J connectivity index is 0.00000387. The highest BCUT2D eigenvalue weighted by Crippen LogP contribution is 2.36. The van der Waals surface area contributed by atoms with E-state index in [1.54, 1.807) is 25.3 Å². The number of hydrogen-bond acceptors (Lipinski definition) is 10. The lowest BCUT2D eigenvalue weighted by Gasteiger charge is -2.25. The average molecular weight is 584 g/mol. The third-order valence-electron chi connectivity index (χ3n) is 6.08. The molecule has 2 aromatic heterocycles. The van der Waals surface area contributed by atoms with E-state index in [1.165, 1.54) is 30.3 Å². The number of hydrogen-bond donors (Lipinski definition) is 2. The second-order valence-corrected chi connectivity index (χ2v) is 9.86. The van der Waals surface area contributed by atoms with Gasteiger partial charge in [0, 0.05) is 17.3 Å². The maximum atomic E-state index is 15.2. The Bertz CT molecular complexity index is 1560. The number of aromatic amines is 2. The van der Waals surface area contributed by atoms with Gasteiger partial charge in [-0.2, -0.15) is 5.10 Å². The zero-order valence-electron chi connectivity index (χ0n) is 22.1. The van der Waals surface area contributed by atoms with Gasteiger partial charge in [0.2, 0.25) is 0 Å². The molecule has 1 aliphatic rings. The van der Waals surface area contributed by atoms with Crippen LogP contribution in [0.2, 0.25) is 0 Å². The minimum Gasteiger partial charge on any atom is -0.870 e. The highest BCUT2D eigenvalue weighted by molar-refractivity contribution is 7.99. The number of rotatable bonds is 9. The summed E-state index contributed by atoms with van der Waals surface area (Å²) in [5.74, 6) is 0.957. The quantitative estimate of drug-likeness (QED) is 0.151. The van der Waals surface area contributed by atoms with Crippen molar-refractivity contribution in [2.75, 3.05) is 43.6 Å². The number of nitroso groups, excluding NO2 is 1. The van der Waals surface area contributed by atoms with E-state index in [0.717, 1.165) is 17.5 Å². The van der Waals surface area contributed by atoms with E-state index in [0.29, 0.717) is 65.1 Å². The number of morpholine rings is 1. The van der Waals surface area contributed by atoms with Crippen LogP contribution in [0.4, 0.5) is 31.9 Å². The Morgan fingerprint density at radius 2 is 2.00 bits per heavy atom. The molecular formula is C27H27F2N7O4S. The third-order valence-corrected chi connectivity index (χ3v) is 7.01. The maximum Gasteiger partial charge on any atom is 0.303 e. The highest BCUT2D eigenvalue weighted by Gasteiger charge is 2.29. The van der Waals surface area contributed by atoms with Gasteiger partial charge >= 0.3 is 5.16 Å². The molecule has 3 heterocycles. The van der Waals surface area contributed by atoms with Crippen molar-refractivity contribution in [1.82, 2.24) is 15.2 Å². The summed E-state index contributed by atoms with van der Waals surface area (Å²) in [7, 11) is 1.56. The summed E-state index contributed by atoms with van der Waals surface area (Å²) in [5.41, 5.74) is 1.29. The van der Waals surface area contributed by atoms with Crippen molar-refractivity contribution >= 4 is 47.1 Å². The lowest BCUT2D eigenvalue weighted by Crippen LogP contribution is -2.40. The molecule has 11 nitrogen and oxygen atoms in total. The summed E-state index contributed by atoms with van der Waals surface area (Å²) in [6, 6.07) is 10.8. The smallest absolute Gasteiger partial charge is 0.303 e. The SMILES string of the molecule is COc1c(Nc2cc(C)[nH]n2)nc(Sc2ccc(/C=C/c3cccc(N=O)c3F)cc2F)[nH+]c1N1CCOCC1.[OH-]. The molecule has 1 fully saturated rings. The van der Waals surface area contributed by atoms with Crippen LogP contribution in [0, 0.1) is 23.5 Å². The molecule has 4 N–H and O–H groups in total. The highest BCUT2D eigenvalue weighted by atomic mass is 32.2. The number of anilines is 3. The number of H-pyrrole nitrogens is 2. The van der Waals surface area contributed by atoms with Gasteiger partial charge in [-0.15, -0.1) is 4.91 Å². The van der Waals surface area contributed by atoms with Crippen molar-refractivity contribution in [3.8, 4) is 5.75 Å². The third kappa shape index (κ3) is 6.85. The second kappa shape index (κ2) is 13.3. The molecule has 0 spiro atoms. The Morgan fingerprint density at radius 3 is 2.68 bits per heavy atom. The maximum absolute atomic E-state index is 15.2. The number of aryl methyl sites for hydroxylation is 1. The van der Waals surface area contributed by atoms with E-state index < -0.39 is 11.6 Å². The normalized spacial score (nSPS) is 13.2. The molecule has 41 heavy (non-hydrogen) atoms. The van der Waals surface area contributed by atoms with Crippen LogP contribution in [-0.4, -0.2) is 54.1 Å². The zero-order valence-corrected chi connectivity index (χ0v) is 23.0. The van der Waals surface area contributed by atoms with Crippen LogP contribution in [0.25, 0.3) is 12.2 Å². The molecule has 5 rings (SSSR count).